The summed E-state index contributed by atoms with van der Waals surface area (Å²) in [5.41, 5.74) is 0. The molecule has 0 saturated carbocycles. The van der Waals surface area contributed by atoms with Gasteiger partial charge < -0.3 is 5.32 Å². The predicted molar refractivity (Wildman–Crippen MR) is 69.4 cm³/mol. The van der Waals surface area contributed by atoms with Crippen LogP contribution in [0.3, 0.4) is 0 Å². The lowest BCUT2D eigenvalue weighted by molar-refractivity contribution is -0.113. The lowest BCUT2D eigenvalue weighted by Gasteiger charge is -2.04. The Morgan fingerprint density at radius 2 is 2.24 bits per heavy atom. The first-order valence-electron chi connectivity index (χ1n) is 4.92. The number of amides is 1. The molecule has 2 N–H and O–H groups in total. The topological polar surface area (TPSA) is 57.8 Å². The van der Waals surface area contributed by atoms with Crippen molar-refractivity contribution >= 4 is 35.1 Å². The van der Waals surface area contributed by atoms with Crippen LogP contribution in [0, 0.1) is 0 Å². The summed E-state index contributed by atoms with van der Waals surface area (Å²) in [5, 5.41) is 9.75. The van der Waals surface area contributed by atoms with Crippen LogP contribution in [-0.4, -0.2) is 21.9 Å². The summed E-state index contributed by atoms with van der Waals surface area (Å²) in [6.07, 6.45) is 1.58. The molecule has 0 radical (unpaired) electrons. The minimum Gasteiger partial charge on any atom is -0.310 e. The van der Waals surface area contributed by atoms with E-state index in [4.69, 9.17) is 11.6 Å². The molecule has 2 rings (SSSR count). The lowest BCUT2D eigenvalue weighted by atomic mass is 10.4. The SMILES string of the molecule is O=C(CSc1ccccc1Cl)Nc1ccn[nH]1. The van der Waals surface area contributed by atoms with Gasteiger partial charge in [0.2, 0.25) is 5.91 Å². The highest BCUT2D eigenvalue weighted by atomic mass is 35.5. The van der Waals surface area contributed by atoms with E-state index in [1.165, 1.54) is 11.8 Å². The fourth-order valence-electron chi connectivity index (χ4n) is 1.22. The first kappa shape index (κ1) is 12.0. The van der Waals surface area contributed by atoms with Crippen molar-refractivity contribution in [2.75, 3.05) is 11.1 Å². The molecule has 0 aliphatic carbocycles. The number of hydrogen-bond donors (Lipinski definition) is 2. The van der Waals surface area contributed by atoms with Crippen molar-refractivity contribution in [3.8, 4) is 0 Å². The monoisotopic (exact) mass is 267 g/mol. The number of nitrogens with one attached hydrogen (secondary N) is 2. The van der Waals surface area contributed by atoms with Crippen molar-refractivity contribution in [1.29, 1.82) is 0 Å². The molecule has 0 atom stereocenters. The van der Waals surface area contributed by atoms with E-state index in [-0.39, 0.29) is 5.91 Å². The second kappa shape index (κ2) is 5.75. The van der Waals surface area contributed by atoms with Crippen LogP contribution in [-0.2, 0) is 4.79 Å². The van der Waals surface area contributed by atoms with E-state index in [2.05, 4.69) is 15.5 Å². The van der Waals surface area contributed by atoms with E-state index in [1.807, 2.05) is 18.2 Å². The third-order valence-corrected chi connectivity index (χ3v) is 3.49. The van der Waals surface area contributed by atoms with Crippen LogP contribution in [0.5, 0.6) is 0 Å². The molecule has 1 amide bonds. The van der Waals surface area contributed by atoms with Crippen LogP contribution in [0.25, 0.3) is 0 Å². The summed E-state index contributed by atoms with van der Waals surface area (Å²) in [6, 6.07) is 9.13. The molecular weight excluding hydrogens is 258 g/mol. The highest BCUT2D eigenvalue weighted by Crippen LogP contribution is 2.26. The zero-order valence-corrected chi connectivity index (χ0v) is 10.4. The van der Waals surface area contributed by atoms with Crippen LogP contribution < -0.4 is 5.32 Å². The minimum absolute atomic E-state index is 0.0980. The first-order chi connectivity index (χ1) is 8.25. The molecule has 0 bridgehead atoms. The second-order valence-corrected chi connectivity index (χ2v) is 4.66. The molecule has 0 fully saturated rings. The molecule has 0 unspecified atom stereocenters. The molecule has 2 aromatic rings. The van der Waals surface area contributed by atoms with Crippen molar-refractivity contribution in [2.45, 2.75) is 4.90 Å². The number of aromatic amines is 1. The maximum absolute atomic E-state index is 11.6. The number of H-pyrrole nitrogens is 1. The van der Waals surface area contributed by atoms with Crippen molar-refractivity contribution in [2.24, 2.45) is 0 Å². The summed E-state index contributed by atoms with van der Waals surface area (Å²) in [4.78, 5) is 12.5. The zero-order chi connectivity index (χ0) is 12.1. The van der Waals surface area contributed by atoms with E-state index in [0.717, 1.165) is 4.90 Å². The van der Waals surface area contributed by atoms with Crippen LogP contribution in [0.1, 0.15) is 0 Å². The Morgan fingerprint density at radius 3 is 2.94 bits per heavy atom. The second-order valence-electron chi connectivity index (χ2n) is 3.24. The number of carbonyl (C=O) groups excluding carboxylic acids is 1. The van der Waals surface area contributed by atoms with E-state index in [0.29, 0.717) is 16.6 Å². The van der Waals surface area contributed by atoms with Gasteiger partial charge in [-0.1, -0.05) is 23.7 Å². The number of nitrogens with zero attached hydrogens (tertiary/aromatic N) is 1. The van der Waals surface area contributed by atoms with Crippen molar-refractivity contribution in [3.05, 3.63) is 41.6 Å². The van der Waals surface area contributed by atoms with Gasteiger partial charge in [-0.25, -0.2) is 0 Å². The summed E-state index contributed by atoms with van der Waals surface area (Å²) in [6.45, 7) is 0. The van der Waals surface area contributed by atoms with Gasteiger partial charge in [-0.2, -0.15) is 5.10 Å². The molecule has 0 aliphatic heterocycles. The van der Waals surface area contributed by atoms with Crippen LogP contribution in [0.15, 0.2) is 41.4 Å². The molecule has 0 aliphatic rings. The van der Waals surface area contributed by atoms with Crippen molar-refractivity contribution in [1.82, 2.24) is 10.2 Å². The fourth-order valence-corrected chi connectivity index (χ4v) is 2.26. The Bertz CT molecular complexity index is 501. The number of thioether (sulfide) groups is 1. The van der Waals surface area contributed by atoms with Crippen LogP contribution >= 0.6 is 23.4 Å². The Balaban J connectivity index is 1.86. The van der Waals surface area contributed by atoms with Gasteiger partial charge in [0.05, 0.1) is 17.0 Å². The summed E-state index contributed by atoms with van der Waals surface area (Å²) in [7, 11) is 0. The molecule has 4 nitrogen and oxygen atoms in total. The average Bonchev–Trinajstić information content (AvgIpc) is 2.81. The third-order valence-electron chi connectivity index (χ3n) is 1.97. The van der Waals surface area contributed by atoms with Gasteiger partial charge in [-0.05, 0) is 12.1 Å². The van der Waals surface area contributed by atoms with Gasteiger partial charge in [0.25, 0.3) is 0 Å². The fraction of sp³-hybridized carbons (Fsp3) is 0.0909. The minimum atomic E-state index is -0.0980. The molecule has 17 heavy (non-hydrogen) atoms. The number of carbonyl (C=O) groups is 1. The number of anilines is 1. The first-order valence-corrected chi connectivity index (χ1v) is 6.28. The Labute approximate surface area is 108 Å². The molecule has 0 saturated heterocycles. The Hall–Kier alpha value is -1.46. The van der Waals surface area contributed by atoms with Gasteiger partial charge in [0.15, 0.2) is 0 Å². The van der Waals surface area contributed by atoms with Gasteiger partial charge >= 0.3 is 0 Å². The Morgan fingerprint density at radius 1 is 1.41 bits per heavy atom. The average molecular weight is 268 g/mol. The number of benzene rings is 1. The number of hydrogen-bond acceptors (Lipinski definition) is 3. The van der Waals surface area contributed by atoms with E-state index in [9.17, 15) is 4.79 Å². The molecule has 0 spiro atoms. The highest BCUT2D eigenvalue weighted by molar-refractivity contribution is 8.00. The maximum atomic E-state index is 11.6. The molecule has 6 heteroatoms. The van der Waals surface area contributed by atoms with Gasteiger partial charge in [0.1, 0.15) is 5.82 Å². The van der Waals surface area contributed by atoms with Gasteiger partial charge in [0, 0.05) is 11.0 Å². The predicted octanol–water partition coefficient (Wildman–Crippen LogP) is 2.79. The summed E-state index contributed by atoms with van der Waals surface area (Å²) >= 11 is 7.38. The Kier molecular flexibility index (Phi) is 4.06. The van der Waals surface area contributed by atoms with Crippen LogP contribution in [0.2, 0.25) is 5.02 Å². The lowest BCUT2D eigenvalue weighted by Crippen LogP contribution is -2.14. The maximum Gasteiger partial charge on any atom is 0.235 e. The quantitative estimate of drug-likeness (QED) is 0.838. The van der Waals surface area contributed by atoms with Crippen molar-refractivity contribution < 1.29 is 4.79 Å². The number of halogens is 1. The summed E-state index contributed by atoms with van der Waals surface area (Å²) in [5.74, 6) is 0.803. The van der Waals surface area contributed by atoms with E-state index >= 15 is 0 Å². The van der Waals surface area contributed by atoms with Gasteiger partial charge in [-0.15, -0.1) is 11.8 Å². The third kappa shape index (κ3) is 3.51. The molecule has 88 valence electrons. The molecule has 1 aromatic carbocycles. The standard InChI is InChI=1S/C11H10ClN3OS/c12-8-3-1-2-4-9(8)17-7-11(16)14-10-5-6-13-15-10/h1-6H,7H2,(H2,13,14,15,16). The largest absolute Gasteiger partial charge is 0.310 e. The summed E-state index contributed by atoms with van der Waals surface area (Å²) < 4.78 is 0. The van der Waals surface area contributed by atoms with Crippen LogP contribution in [0.4, 0.5) is 5.82 Å². The molecular formula is C11H10ClN3OS. The van der Waals surface area contributed by atoms with Gasteiger partial charge in [-0.3, -0.25) is 9.89 Å². The normalized spacial score (nSPS) is 10.2. The zero-order valence-electron chi connectivity index (χ0n) is 8.81. The number of aromatic nitrogens is 2. The highest BCUT2D eigenvalue weighted by Gasteiger charge is 2.06. The van der Waals surface area contributed by atoms with E-state index < -0.39 is 0 Å². The molecule has 1 heterocycles. The van der Waals surface area contributed by atoms with E-state index in [1.54, 1.807) is 18.3 Å². The smallest absolute Gasteiger partial charge is 0.235 e. The molecule has 1 aromatic heterocycles. The van der Waals surface area contributed by atoms with Crippen molar-refractivity contribution in [3.63, 3.8) is 0 Å². The number of rotatable bonds is 4.